The third-order valence-corrected chi connectivity index (χ3v) is 6.07. The number of alkyl halides is 12. The third kappa shape index (κ3) is 6.89. The van der Waals surface area contributed by atoms with Crippen molar-refractivity contribution in [2.75, 3.05) is 0 Å². The smallest absolute Gasteiger partial charge is 0.406 e. The Morgan fingerprint density at radius 1 is 0.364 bits per heavy atom. The maximum absolute atomic E-state index is 13.5. The Balaban J connectivity index is 1.91. The number of fused-ring (bicyclic) bond motifs is 6. The van der Waals surface area contributed by atoms with Crippen molar-refractivity contribution in [1.29, 1.82) is 0 Å². The van der Waals surface area contributed by atoms with Gasteiger partial charge >= 0.3 is 25.4 Å². The van der Waals surface area contributed by atoms with Crippen LogP contribution in [0, 0.1) is 0 Å². The topological polar surface area (TPSA) is 36.9 Å². The van der Waals surface area contributed by atoms with Gasteiger partial charge in [0, 0.05) is 10.8 Å². The number of halogens is 12. The fourth-order valence-corrected chi connectivity index (χ4v) is 4.74. The Labute approximate surface area is 236 Å². The van der Waals surface area contributed by atoms with Crippen molar-refractivity contribution in [3.05, 3.63) is 72.8 Å². The summed E-state index contributed by atoms with van der Waals surface area (Å²) < 4.78 is 173. The van der Waals surface area contributed by atoms with Gasteiger partial charge in [0.1, 0.15) is 23.0 Å². The van der Waals surface area contributed by atoms with Crippen molar-refractivity contribution < 1.29 is 71.6 Å². The monoisotopic (exact) mass is 640 g/mol. The largest absolute Gasteiger partial charge is 0.573 e. The molecule has 0 spiro atoms. The lowest BCUT2D eigenvalue weighted by Gasteiger charge is -2.20. The highest BCUT2D eigenvalue weighted by atomic mass is 19.4. The zero-order valence-electron chi connectivity index (χ0n) is 21.1. The first-order chi connectivity index (χ1) is 20.3. The second-order valence-electron chi connectivity index (χ2n) is 8.99. The van der Waals surface area contributed by atoms with Crippen LogP contribution >= 0.6 is 0 Å². The highest BCUT2D eigenvalue weighted by Crippen LogP contribution is 2.47. The Hall–Kier alpha value is -4.76. The molecule has 232 valence electrons. The van der Waals surface area contributed by atoms with Gasteiger partial charge in [0.05, 0.1) is 0 Å². The molecule has 0 amide bonds. The molecule has 0 atom stereocenters. The molecule has 0 radical (unpaired) electrons. The van der Waals surface area contributed by atoms with Crippen molar-refractivity contribution in [1.82, 2.24) is 0 Å². The number of hydrogen-bond acceptors (Lipinski definition) is 4. The molecule has 0 heterocycles. The lowest BCUT2D eigenvalue weighted by atomic mass is 9.88. The van der Waals surface area contributed by atoms with Crippen molar-refractivity contribution >= 4 is 32.3 Å². The minimum Gasteiger partial charge on any atom is -0.406 e. The van der Waals surface area contributed by atoms with Crippen LogP contribution in [-0.4, -0.2) is 25.4 Å². The van der Waals surface area contributed by atoms with Gasteiger partial charge < -0.3 is 18.9 Å². The van der Waals surface area contributed by atoms with Crippen molar-refractivity contribution in [2.45, 2.75) is 25.4 Å². The number of benzene rings is 5. The van der Waals surface area contributed by atoms with E-state index in [2.05, 4.69) is 18.9 Å². The molecule has 0 N–H and O–H groups in total. The molecule has 0 unspecified atom stereocenters. The summed E-state index contributed by atoms with van der Waals surface area (Å²) in [7, 11) is 0. The fraction of sp³-hybridized carbons (Fsp3) is 0.143. The van der Waals surface area contributed by atoms with Crippen LogP contribution in [0.5, 0.6) is 23.0 Å². The van der Waals surface area contributed by atoms with Crippen LogP contribution in [0.1, 0.15) is 0 Å². The van der Waals surface area contributed by atoms with Crippen molar-refractivity contribution in [3.8, 4) is 34.1 Å². The summed E-state index contributed by atoms with van der Waals surface area (Å²) >= 11 is 0. The average Bonchev–Trinajstić information content (AvgIpc) is 2.85. The normalized spacial score (nSPS) is 13.0. The molecule has 0 bridgehead atoms. The Morgan fingerprint density at radius 2 is 0.773 bits per heavy atom. The molecule has 5 aromatic rings. The molecule has 0 aliphatic carbocycles. The quantitative estimate of drug-likeness (QED) is 0.142. The summed E-state index contributed by atoms with van der Waals surface area (Å²) in [5, 5.41) is -1.11. The van der Waals surface area contributed by atoms with Gasteiger partial charge in [-0.1, -0.05) is 30.3 Å². The molecule has 5 rings (SSSR count). The molecular weight excluding hydrogens is 628 g/mol. The van der Waals surface area contributed by atoms with Crippen LogP contribution in [-0.2, 0) is 0 Å². The molecule has 44 heavy (non-hydrogen) atoms. The van der Waals surface area contributed by atoms with E-state index in [4.69, 9.17) is 0 Å². The molecular formula is C28H12F12O4. The van der Waals surface area contributed by atoms with E-state index < -0.39 is 53.8 Å². The van der Waals surface area contributed by atoms with E-state index in [1.54, 1.807) is 0 Å². The lowest BCUT2D eigenvalue weighted by molar-refractivity contribution is -0.275. The molecule has 0 aliphatic rings. The summed E-state index contributed by atoms with van der Waals surface area (Å²) in [6.45, 7) is 0. The van der Waals surface area contributed by atoms with Crippen LogP contribution in [0.25, 0.3) is 43.4 Å². The van der Waals surface area contributed by atoms with Gasteiger partial charge in [-0.25, -0.2) is 0 Å². The van der Waals surface area contributed by atoms with E-state index in [1.807, 2.05) is 0 Å². The predicted molar refractivity (Wildman–Crippen MR) is 131 cm³/mol. The third-order valence-electron chi connectivity index (χ3n) is 6.07. The SMILES string of the molecule is FC(F)(F)Oc1ccc(-c2ccc(OC(F)(F)F)c3c4cc(OC(F)(F)F)ccc4c4ccc(OC(F)(F)F)cc4c23)cc1. The summed E-state index contributed by atoms with van der Waals surface area (Å²) in [5.74, 6) is -3.22. The first-order valence-electron chi connectivity index (χ1n) is 11.9. The summed E-state index contributed by atoms with van der Waals surface area (Å²) in [6.07, 6.45) is -20.7. The Bertz CT molecular complexity index is 1860. The molecule has 0 saturated heterocycles. The predicted octanol–water partition coefficient (Wildman–Crippen LogP) is 10.4. The molecule has 0 fully saturated rings. The maximum atomic E-state index is 13.5. The average molecular weight is 640 g/mol. The zero-order valence-corrected chi connectivity index (χ0v) is 21.1. The fourth-order valence-electron chi connectivity index (χ4n) is 4.74. The molecule has 16 heteroatoms. The number of ether oxygens (including phenoxy) is 4. The first kappa shape index (κ1) is 30.7. The van der Waals surface area contributed by atoms with Gasteiger partial charge in [0.2, 0.25) is 0 Å². The van der Waals surface area contributed by atoms with E-state index >= 15 is 0 Å². The van der Waals surface area contributed by atoms with Crippen LogP contribution in [0.4, 0.5) is 52.7 Å². The molecule has 5 aromatic carbocycles. The zero-order chi connectivity index (χ0) is 32.2. The Kier molecular flexibility index (Phi) is 7.29. The van der Waals surface area contributed by atoms with Gasteiger partial charge in [-0.2, -0.15) is 0 Å². The molecule has 4 nitrogen and oxygen atoms in total. The van der Waals surface area contributed by atoms with E-state index in [1.165, 1.54) is 0 Å². The molecule has 0 aromatic heterocycles. The van der Waals surface area contributed by atoms with Gasteiger partial charge in [-0.15, -0.1) is 52.7 Å². The van der Waals surface area contributed by atoms with Crippen molar-refractivity contribution in [2.24, 2.45) is 0 Å². The summed E-state index contributed by atoms with van der Waals surface area (Å²) in [6, 6.07) is 11.4. The summed E-state index contributed by atoms with van der Waals surface area (Å²) in [4.78, 5) is 0. The Morgan fingerprint density at radius 3 is 1.23 bits per heavy atom. The van der Waals surface area contributed by atoms with Crippen LogP contribution in [0.15, 0.2) is 72.8 Å². The lowest BCUT2D eigenvalue weighted by Crippen LogP contribution is -2.18. The van der Waals surface area contributed by atoms with Gasteiger partial charge in [-0.05, 0) is 75.1 Å². The second-order valence-corrected chi connectivity index (χ2v) is 8.99. The molecule has 0 saturated carbocycles. The van der Waals surface area contributed by atoms with E-state index in [0.717, 1.165) is 72.8 Å². The summed E-state index contributed by atoms with van der Waals surface area (Å²) in [5.41, 5.74) is 0.0138. The highest BCUT2D eigenvalue weighted by Gasteiger charge is 2.35. The maximum Gasteiger partial charge on any atom is 0.573 e. The second kappa shape index (κ2) is 10.4. The minimum atomic E-state index is -5.33. The minimum absolute atomic E-state index is 0.00122. The first-order valence-corrected chi connectivity index (χ1v) is 11.9. The van der Waals surface area contributed by atoms with Gasteiger partial charge in [0.15, 0.2) is 0 Å². The van der Waals surface area contributed by atoms with E-state index in [9.17, 15) is 52.7 Å². The van der Waals surface area contributed by atoms with Gasteiger partial charge in [0.25, 0.3) is 0 Å². The van der Waals surface area contributed by atoms with Crippen LogP contribution in [0.3, 0.4) is 0 Å². The van der Waals surface area contributed by atoms with E-state index in [-0.39, 0.29) is 38.1 Å². The van der Waals surface area contributed by atoms with Crippen molar-refractivity contribution in [3.63, 3.8) is 0 Å². The highest BCUT2D eigenvalue weighted by molar-refractivity contribution is 6.30. The molecule has 0 aliphatic heterocycles. The standard InChI is InChI=1S/C28H12F12O4/c29-25(30,31)41-14-3-1-13(2-4-14)17-9-10-22(44-28(38,39)40)24-21-12-16(43-27(35,36)37)6-8-19(21)18-7-5-15(42-26(32,33)34)11-20(18)23(17)24/h1-12H. The number of hydrogen-bond donors (Lipinski definition) is 0. The van der Waals surface area contributed by atoms with E-state index in [0.29, 0.717) is 0 Å². The van der Waals surface area contributed by atoms with Gasteiger partial charge in [-0.3, -0.25) is 0 Å². The van der Waals surface area contributed by atoms with Crippen LogP contribution in [0.2, 0.25) is 0 Å². The number of rotatable bonds is 5. The van der Waals surface area contributed by atoms with Crippen LogP contribution < -0.4 is 18.9 Å².